The fourth-order valence-electron chi connectivity index (χ4n) is 2.07. The zero-order valence-corrected chi connectivity index (χ0v) is 12.5. The van der Waals surface area contributed by atoms with Gasteiger partial charge in [0.2, 0.25) is 0 Å². The van der Waals surface area contributed by atoms with Crippen LogP contribution in [0.15, 0.2) is 36.4 Å². The minimum atomic E-state index is 0.188. The molecule has 1 N–H and O–H groups in total. The van der Waals surface area contributed by atoms with E-state index in [1.807, 2.05) is 13.8 Å². The van der Waals surface area contributed by atoms with Crippen molar-refractivity contribution in [1.82, 2.24) is 0 Å². The molecule has 0 aliphatic carbocycles. The van der Waals surface area contributed by atoms with Crippen LogP contribution in [0.3, 0.4) is 0 Å². The molecular weight excluding hydrogens is 282 g/mol. The lowest BCUT2D eigenvalue weighted by molar-refractivity contribution is 0.279. The van der Waals surface area contributed by atoms with Crippen molar-refractivity contribution in [3.05, 3.63) is 47.5 Å². The molecule has 0 fully saturated rings. The topological polar surface area (TPSA) is 71.7 Å². The Bertz CT molecular complexity index is 692. The first kappa shape index (κ1) is 15.5. The van der Waals surface area contributed by atoms with Gasteiger partial charge in [-0.1, -0.05) is 6.07 Å². The largest absolute Gasteiger partial charge is 0.508 e. The number of phenolic OH excluding ortho intramolecular Hbond substituents is 1. The van der Waals surface area contributed by atoms with E-state index in [0.29, 0.717) is 29.4 Å². The van der Waals surface area contributed by atoms with E-state index in [0.717, 1.165) is 5.56 Å². The lowest BCUT2D eigenvalue weighted by Crippen LogP contribution is -2.04. The Hall–Kier alpha value is -2.87. The average Bonchev–Trinajstić information content (AvgIpc) is 2.49. The van der Waals surface area contributed by atoms with Crippen LogP contribution < -0.4 is 14.2 Å². The van der Waals surface area contributed by atoms with Crippen LogP contribution in [0.25, 0.3) is 0 Å². The lowest BCUT2D eigenvalue weighted by Gasteiger charge is -2.15. The van der Waals surface area contributed by atoms with E-state index in [4.69, 9.17) is 19.5 Å². The summed E-state index contributed by atoms with van der Waals surface area (Å²) in [6.07, 6.45) is 1.67. The van der Waals surface area contributed by atoms with Crippen LogP contribution >= 0.6 is 0 Å². The summed E-state index contributed by atoms with van der Waals surface area (Å²) in [5.74, 6) is 1.86. The number of phenols is 1. The van der Waals surface area contributed by atoms with Gasteiger partial charge in [0, 0.05) is 0 Å². The lowest BCUT2D eigenvalue weighted by atomic mass is 10.1. The fourth-order valence-corrected chi connectivity index (χ4v) is 2.07. The molecule has 0 saturated carbocycles. The second-order valence-corrected chi connectivity index (χ2v) is 4.60. The molecule has 5 heteroatoms. The molecule has 0 spiro atoms. The van der Waals surface area contributed by atoms with E-state index in [9.17, 15) is 5.11 Å². The van der Waals surface area contributed by atoms with Crippen LogP contribution in [0.1, 0.15) is 18.1 Å². The number of hydrogen-bond donors (Lipinski definition) is 1. The molecule has 5 nitrogen and oxygen atoms in total. The van der Waals surface area contributed by atoms with Gasteiger partial charge in [-0.3, -0.25) is 0 Å². The Morgan fingerprint density at radius 3 is 2.55 bits per heavy atom. The first-order valence-electron chi connectivity index (χ1n) is 6.88. The van der Waals surface area contributed by atoms with Gasteiger partial charge in [0.1, 0.15) is 23.9 Å². The van der Waals surface area contributed by atoms with Gasteiger partial charge >= 0.3 is 0 Å². The molecule has 2 aromatic rings. The molecule has 22 heavy (non-hydrogen) atoms. The highest BCUT2D eigenvalue weighted by molar-refractivity contribution is 5.46. The summed E-state index contributed by atoms with van der Waals surface area (Å²) in [5, 5.41) is 18.2. The molecule has 2 aromatic carbocycles. The van der Waals surface area contributed by atoms with Crippen LogP contribution in [0.4, 0.5) is 0 Å². The third kappa shape index (κ3) is 3.61. The molecule has 0 heterocycles. The first-order chi connectivity index (χ1) is 10.7. The van der Waals surface area contributed by atoms with Gasteiger partial charge in [-0.15, -0.1) is 5.26 Å². The van der Waals surface area contributed by atoms with Crippen LogP contribution in [0.5, 0.6) is 23.0 Å². The molecule has 2 rings (SSSR count). The van der Waals surface area contributed by atoms with Gasteiger partial charge in [0.25, 0.3) is 6.26 Å². The normalized spacial score (nSPS) is 9.86. The van der Waals surface area contributed by atoms with E-state index >= 15 is 0 Å². The quantitative estimate of drug-likeness (QED) is 0.826. The van der Waals surface area contributed by atoms with Crippen molar-refractivity contribution in [2.45, 2.75) is 20.5 Å². The highest BCUT2D eigenvalue weighted by Crippen LogP contribution is 2.31. The SMILES string of the molecule is CCOc1cccc(OC#N)c1COc1ccc(O)cc1C. The summed E-state index contributed by atoms with van der Waals surface area (Å²) in [7, 11) is 0. The second-order valence-electron chi connectivity index (χ2n) is 4.60. The number of hydrogen-bond acceptors (Lipinski definition) is 5. The molecule has 0 amide bonds. The van der Waals surface area contributed by atoms with Gasteiger partial charge in [-0.05, 0) is 49.7 Å². The maximum absolute atomic E-state index is 9.42. The van der Waals surface area contributed by atoms with E-state index in [-0.39, 0.29) is 12.4 Å². The fraction of sp³-hybridized carbons (Fsp3) is 0.235. The molecule has 0 aliphatic rings. The Morgan fingerprint density at radius 1 is 1.09 bits per heavy atom. The van der Waals surface area contributed by atoms with Crippen molar-refractivity contribution < 1.29 is 19.3 Å². The van der Waals surface area contributed by atoms with Gasteiger partial charge in [-0.2, -0.15) is 0 Å². The summed E-state index contributed by atoms with van der Waals surface area (Å²) in [6, 6.07) is 10.1. The number of rotatable bonds is 6. The summed E-state index contributed by atoms with van der Waals surface area (Å²) in [4.78, 5) is 0. The summed E-state index contributed by atoms with van der Waals surface area (Å²) in [5.41, 5.74) is 1.48. The van der Waals surface area contributed by atoms with E-state index in [1.54, 1.807) is 42.7 Å². The average molecular weight is 299 g/mol. The van der Waals surface area contributed by atoms with Crippen LogP contribution in [0.2, 0.25) is 0 Å². The zero-order valence-electron chi connectivity index (χ0n) is 12.5. The molecule has 0 atom stereocenters. The van der Waals surface area contributed by atoms with Gasteiger partial charge in [0.05, 0.1) is 12.2 Å². The van der Waals surface area contributed by atoms with Crippen LogP contribution in [-0.4, -0.2) is 11.7 Å². The van der Waals surface area contributed by atoms with Crippen LogP contribution in [-0.2, 0) is 6.61 Å². The Kier molecular flexibility index (Phi) is 5.10. The summed E-state index contributed by atoms with van der Waals surface area (Å²) >= 11 is 0. The summed E-state index contributed by atoms with van der Waals surface area (Å²) < 4.78 is 16.3. The zero-order chi connectivity index (χ0) is 15.9. The van der Waals surface area contributed by atoms with Crippen molar-refractivity contribution in [2.75, 3.05) is 6.61 Å². The third-order valence-corrected chi connectivity index (χ3v) is 3.08. The molecular formula is C17H17NO4. The maximum atomic E-state index is 9.42. The molecule has 0 aliphatic heterocycles. The van der Waals surface area contributed by atoms with Crippen molar-refractivity contribution in [3.63, 3.8) is 0 Å². The highest BCUT2D eigenvalue weighted by atomic mass is 16.5. The standard InChI is InChI=1S/C17H17NO4/c1-3-20-16-5-4-6-17(22-11-18)14(16)10-21-15-8-7-13(19)9-12(15)2/h4-9,19H,3,10H2,1-2H3. The predicted molar refractivity (Wildman–Crippen MR) is 81.0 cm³/mol. The molecule has 0 bridgehead atoms. The smallest absolute Gasteiger partial charge is 0.292 e. The number of benzene rings is 2. The molecule has 0 radical (unpaired) electrons. The van der Waals surface area contributed by atoms with Crippen molar-refractivity contribution in [2.24, 2.45) is 0 Å². The van der Waals surface area contributed by atoms with Crippen molar-refractivity contribution >= 4 is 0 Å². The number of nitriles is 1. The summed E-state index contributed by atoms with van der Waals surface area (Å²) in [6.45, 7) is 4.42. The predicted octanol–water partition coefficient (Wildman–Crippen LogP) is 3.54. The number of aromatic hydroxyl groups is 1. The van der Waals surface area contributed by atoms with E-state index in [2.05, 4.69) is 0 Å². The first-order valence-corrected chi connectivity index (χ1v) is 6.88. The maximum Gasteiger partial charge on any atom is 0.292 e. The minimum absolute atomic E-state index is 0.188. The monoisotopic (exact) mass is 299 g/mol. The van der Waals surface area contributed by atoms with Crippen LogP contribution in [0, 0.1) is 18.4 Å². The van der Waals surface area contributed by atoms with Crippen molar-refractivity contribution in [1.29, 1.82) is 5.26 Å². The Labute approximate surface area is 129 Å². The molecule has 0 aromatic heterocycles. The van der Waals surface area contributed by atoms with E-state index < -0.39 is 0 Å². The van der Waals surface area contributed by atoms with Gasteiger partial charge < -0.3 is 19.3 Å². The second kappa shape index (κ2) is 7.23. The minimum Gasteiger partial charge on any atom is -0.508 e. The van der Waals surface area contributed by atoms with Crippen molar-refractivity contribution in [3.8, 4) is 29.3 Å². The number of nitrogens with zero attached hydrogens (tertiary/aromatic N) is 1. The third-order valence-electron chi connectivity index (χ3n) is 3.08. The highest BCUT2D eigenvalue weighted by Gasteiger charge is 2.13. The molecule has 0 saturated heterocycles. The Morgan fingerprint density at radius 2 is 1.86 bits per heavy atom. The van der Waals surface area contributed by atoms with Gasteiger partial charge in [0.15, 0.2) is 5.75 Å². The van der Waals surface area contributed by atoms with Gasteiger partial charge in [-0.25, -0.2) is 0 Å². The number of aryl methyl sites for hydroxylation is 1. The molecule has 0 unspecified atom stereocenters. The Balaban J connectivity index is 2.25. The molecule has 114 valence electrons. The van der Waals surface area contributed by atoms with E-state index in [1.165, 1.54) is 0 Å². The number of ether oxygens (including phenoxy) is 3.